The summed E-state index contributed by atoms with van der Waals surface area (Å²) in [6, 6.07) is 1.42. The summed E-state index contributed by atoms with van der Waals surface area (Å²) in [5, 5.41) is 5.81. The summed E-state index contributed by atoms with van der Waals surface area (Å²) in [5.41, 5.74) is 0.269. The highest BCUT2D eigenvalue weighted by Gasteiger charge is 2.23. The second-order valence-electron chi connectivity index (χ2n) is 5.40. The van der Waals surface area contributed by atoms with E-state index in [-0.39, 0.29) is 17.5 Å². The highest BCUT2D eigenvalue weighted by Crippen LogP contribution is 2.26. The zero-order chi connectivity index (χ0) is 14.5. The summed E-state index contributed by atoms with van der Waals surface area (Å²) in [6.45, 7) is 2.21. The molecule has 4 nitrogen and oxygen atoms in total. The maximum absolute atomic E-state index is 13.2. The molecule has 1 aromatic heterocycles. The number of amides is 1. The Bertz CT molecular complexity index is 470. The van der Waals surface area contributed by atoms with Crippen molar-refractivity contribution in [1.82, 2.24) is 10.3 Å². The quantitative estimate of drug-likeness (QED) is 0.891. The van der Waals surface area contributed by atoms with Gasteiger partial charge in [-0.15, -0.1) is 0 Å². The van der Waals surface area contributed by atoms with Crippen molar-refractivity contribution in [3.8, 4) is 0 Å². The number of carbonyl (C=O) groups excluding carboxylic acids is 1. The molecule has 0 radical (unpaired) electrons. The van der Waals surface area contributed by atoms with Crippen molar-refractivity contribution >= 4 is 11.7 Å². The van der Waals surface area contributed by atoms with Gasteiger partial charge in [-0.05, 0) is 37.7 Å². The molecular formula is C15H22FN3O. The van der Waals surface area contributed by atoms with Gasteiger partial charge < -0.3 is 10.6 Å². The fourth-order valence-corrected chi connectivity index (χ4v) is 2.79. The van der Waals surface area contributed by atoms with Crippen LogP contribution in [0.25, 0.3) is 0 Å². The zero-order valence-electron chi connectivity index (χ0n) is 12.1. The summed E-state index contributed by atoms with van der Waals surface area (Å²) in [7, 11) is 1.67. The molecule has 2 N–H and O–H groups in total. The first-order valence-corrected chi connectivity index (χ1v) is 7.28. The molecule has 1 aliphatic carbocycles. The third-order valence-electron chi connectivity index (χ3n) is 4.10. The molecule has 5 heteroatoms. The minimum Gasteiger partial charge on any atom is -0.372 e. The summed E-state index contributed by atoms with van der Waals surface area (Å²) in [5.74, 6) is 0.447. The number of aromatic nitrogens is 1. The number of carbonyl (C=O) groups is 1. The Labute approximate surface area is 119 Å². The van der Waals surface area contributed by atoms with E-state index < -0.39 is 5.82 Å². The lowest BCUT2D eigenvalue weighted by Crippen LogP contribution is -2.38. The largest absolute Gasteiger partial charge is 0.372 e. The van der Waals surface area contributed by atoms with Gasteiger partial charge in [0.25, 0.3) is 5.91 Å². The van der Waals surface area contributed by atoms with Crippen molar-refractivity contribution in [2.75, 3.05) is 12.4 Å². The number of halogens is 1. The molecule has 1 saturated carbocycles. The molecule has 0 aliphatic heterocycles. The molecule has 1 amide bonds. The van der Waals surface area contributed by atoms with Crippen molar-refractivity contribution in [2.24, 2.45) is 5.92 Å². The smallest absolute Gasteiger partial charge is 0.255 e. The number of hydrogen-bond acceptors (Lipinski definition) is 3. The Balaban J connectivity index is 2.00. The van der Waals surface area contributed by atoms with Crippen LogP contribution in [0.2, 0.25) is 0 Å². The van der Waals surface area contributed by atoms with Crippen LogP contribution in [0.3, 0.4) is 0 Å². The molecule has 1 aromatic rings. The molecule has 0 aromatic carbocycles. The van der Waals surface area contributed by atoms with E-state index in [0.717, 1.165) is 37.8 Å². The molecule has 1 fully saturated rings. The number of pyridine rings is 1. The van der Waals surface area contributed by atoms with Crippen LogP contribution in [0.4, 0.5) is 10.2 Å². The highest BCUT2D eigenvalue weighted by molar-refractivity contribution is 5.98. The lowest BCUT2D eigenvalue weighted by Gasteiger charge is -2.28. The van der Waals surface area contributed by atoms with Crippen LogP contribution in [-0.4, -0.2) is 24.0 Å². The lowest BCUT2D eigenvalue weighted by atomic mass is 9.84. The van der Waals surface area contributed by atoms with Gasteiger partial charge >= 0.3 is 0 Å². The number of nitrogens with one attached hydrogen (secondary N) is 2. The van der Waals surface area contributed by atoms with Gasteiger partial charge in [-0.1, -0.05) is 13.3 Å². The summed E-state index contributed by atoms with van der Waals surface area (Å²) >= 11 is 0. The van der Waals surface area contributed by atoms with Gasteiger partial charge in [0.15, 0.2) is 0 Å². The van der Waals surface area contributed by atoms with E-state index in [4.69, 9.17) is 0 Å². The van der Waals surface area contributed by atoms with Gasteiger partial charge in [0, 0.05) is 13.1 Å². The number of rotatable bonds is 4. The fourth-order valence-electron chi connectivity index (χ4n) is 2.79. The molecule has 0 unspecified atom stereocenters. The minimum atomic E-state index is -0.496. The normalized spacial score (nSPS) is 22.4. The number of anilines is 1. The summed E-state index contributed by atoms with van der Waals surface area (Å²) in [4.78, 5) is 16.1. The first-order valence-electron chi connectivity index (χ1n) is 7.28. The van der Waals surface area contributed by atoms with Crippen molar-refractivity contribution in [2.45, 2.75) is 45.1 Å². The molecule has 2 rings (SSSR count). The van der Waals surface area contributed by atoms with Gasteiger partial charge in [-0.3, -0.25) is 4.79 Å². The monoisotopic (exact) mass is 279 g/mol. The van der Waals surface area contributed by atoms with E-state index in [0.29, 0.717) is 5.82 Å². The van der Waals surface area contributed by atoms with E-state index >= 15 is 0 Å². The Kier molecular flexibility index (Phi) is 4.93. The number of nitrogens with zero attached hydrogens (tertiary/aromatic N) is 1. The van der Waals surface area contributed by atoms with Crippen molar-refractivity contribution in [3.63, 3.8) is 0 Å². The highest BCUT2D eigenvalue weighted by atomic mass is 19.1. The summed E-state index contributed by atoms with van der Waals surface area (Å²) in [6.07, 6.45) is 6.63. The molecule has 1 aliphatic rings. The van der Waals surface area contributed by atoms with E-state index in [1.807, 2.05) is 0 Å². The third-order valence-corrected chi connectivity index (χ3v) is 4.10. The van der Waals surface area contributed by atoms with E-state index in [1.54, 1.807) is 7.05 Å². The Morgan fingerprint density at radius 1 is 1.40 bits per heavy atom. The molecule has 1 heterocycles. The van der Waals surface area contributed by atoms with Gasteiger partial charge in [0.2, 0.25) is 0 Å². The average molecular weight is 279 g/mol. The van der Waals surface area contributed by atoms with Crippen LogP contribution in [0.1, 0.15) is 49.4 Å². The van der Waals surface area contributed by atoms with Crippen LogP contribution in [0.5, 0.6) is 0 Å². The van der Waals surface area contributed by atoms with Gasteiger partial charge in [-0.2, -0.15) is 0 Å². The maximum Gasteiger partial charge on any atom is 0.255 e. The van der Waals surface area contributed by atoms with Crippen LogP contribution in [0.15, 0.2) is 12.3 Å². The molecule has 0 spiro atoms. The predicted octanol–water partition coefficient (Wildman–Crippen LogP) is 2.96. The summed E-state index contributed by atoms with van der Waals surface area (Å²) < 4.78 is 13.2. The van der Waals surface area contributed by atoms with Crippen molar-refractivity contribution in [1.29, 1.82) is 0 Å². The van der Waals surface area contributed by atoms with Crippen molar-refractivity contribution < 1.29 is 9.18 Å². The zero-order valence-corrected chi connectivity index (χ0v) is 12.1. The number of hydrogen-bond donors (Lipinski definition) is 2. The fraction of sp³-hybridized carbons (Fsp3) is 0.600. The minimum absolute atomic E-state index is 0.193. The molecule has 0 atom stereocenters. The van der Waals surface area contributed by atoms with Crippen LogP contribution >= 0.6 is 0 Å². The molecule has 0 bridgehead atoms. The van der Waals surface area contributed by atoms with E-state index in [2.05, 4.69) is 22.5 Å². The maximum atomic E-state index is 13.2. The lowest BCUT2D eigenvalue weighted by molar-refractivity contribution is 0.0921. The Morgan fingerprint density at radius 2 is 2.10 bits per heavy atom. The second kappa shape index (κ2) is 6.68. The first-order chi connectivity index (χ1) is 9.63. The third kappa shape index (κ3) is 3.46. The van der Waals surface area contributed by atoms with Crippen LogP contribution in [-0.2, 0) is 0 Å². The van der Waals surface area contributed by atoms with Crippen LogP contribution in [0, 0.1) is 11.7 Å². The molecular weight excluding hydrogens is 257 g/mol. The topological polar surface area (TPSA) is 54.0 Å². The van der Waals surface area contributed by atoms with Gasteiger partial charge in [0.1, 0.15) is 11.6 Å². The van der Waals surface area contributed by atoms with Gasteiger partial charge in [-0.25, -0.2) is 9.37 Å². The molecule has 20 heavy (non-hydrogen) atoms. The van der Waals surface area contributed by atoms with E-state index in [1.165, 1.54) is 12.5 Å². The van der Waals surface area contributed by atoms with E-state index in [9.17, 15) is 9.18 Å². The van der Waals surface area contributed by atoms with Crippen LogP contribution < -0.4 is 10.6 Å². The second-order valence-corrected chi connectivity index (χ2v) is 5.40. The molecule has 110 valence electrons. The molecule has 0 saturated heterocycles. The Hall–Kier alpha value is -1.65. The standard InChI is InChI=1S/C15H22FN3O/c1-3-10-4-6-12(7-5-10)19-15(20)13-8-11(16)9-18-14(13)17-2/h8-10,12H,3-7H2,1-2H3,(H,17,18)(H,19,20). The first kappa shape index (κ1) is 14.8. The average Bonchev–Trinajstić information content (AvgIpc) is 2.48. The Morgan fingerprint density at radius 3 is 2.70 bits per heavy atom. The SMILES string of the molecule is CCC1CCC(NC(=O)c2cc(F)cnc2NC)CC1. The predicted molar refractivity (Wildman–Crippen MR) is 77.2 cm³/mol. The van der Waals surface area contributed by atoms with Gasteiger partial charge in [0.05, 0.1) is 11.8 Å². The van der Waals surface area contributed by atoms with Crippen molar-refractivity contribution in [3.05, 3.63) is 23.6 Å².